The molecule has 78 valence electrons. The molecule has 0 N–H and O–H groups in total. The third-order valence-corrected chi connectivity index (χ3v) is 2.87. The number of ether oxygens (including phenoxy) is 1. The molecule has 0 atom stereocenters. The second-order valence-electron chi connectivity index (χ2n) is 3.27. The summed E-state index contributed by atoms with van der Waals surface area (Å²) in [5.74, 6) is 0. The van der Waals surface area contributed by atoms with Gasteiger partial charge >= 0.3 is 0 Å². The first-order valence-electron chi connectivity index (χ1n) is 5.14. The van der Waals surface area contributed by atoms with Crippen molar-refractivity contribution in [2.75, 3.05) is 6.61 Å². The maximum Gasteiger partial charge on any atom is 0.0809 e. The molecule has 0 saturated heterocycles. The third-order valence-electron chi connectivity index (χ3n) is 2.02. The van der Waals surface area contributed by atoms with Crippen molar-refractivity contribution in [2.45, 2.75) is 32.3 Å². The van der Waals surface area contributed by atoms with Gasteiger partial charge in [0.05, 0.1) is 6.61 Å². The molecule has 0 aliphatic heterocycles. The molecule has 0 aliphatic carbocycles. The van der Waals surface area contributed by atoms with E-state index in [-0.39, 0.29) is 0 Å². The van der Waals surface area contributed by atoms with Gasteiger partial charge in [-0.05, 0) is 30.7 Å². The molecule has 1 heterocycles. The monoisotopic (exact) mass is 210 g/mol. The lowest BCUT2D eigenvalue weighted by atomic mass is 10.2. The average molecular weight is 210 g/mol. The zero-order valence-electron chi connectivity index (χ0n) is 8.58. The molecule has 1 aromatic rings. The van der Waals surface area contributed by atoms with E-state index in [1.807, 2.05) is 6.08 Å². The number of hydrogen-bond acceptors (Lipinski definition) is 2. The minimum absolute atomic E-state index is 0.777. The van der Waals surface area contributed by atoms with Gasteiger partial charge in [-0.15, -0.1) is 17.9 Å². The van der Waals surface area contributed by atoms with E-state index < -0.39 is 0 Å². The molecule has 0 unspecified atom stereocenters. The largest absolute Gasteiger partial charge is 0.376 e. The first kappa shape index (κ1) is 11.5. The van der Waals surface area contributed by atoms with Crippen LogP contribution in [0, 0.1) is 0 Å². The summed E-state index contributed by atoms with van der Waals surface area (Å²) in [6.45, 7) is 5.36. The Labute approximate surface area is 90.4 Å². The number of hydrogen-bond donors (Lipinski definition) is 0. The van der Waals surface area contributed by atoms with Crippen molar-refractivity contribution in [3.05, 3.63) is 35.0 Å². The predicted molar refractivity (Wildman–Crippen MR) is 62.6 cm³/mol. The van der Waals surface area contributed by atoms with E-state index in [0.29, 0.717) is 0 Å². The van der Waals surface area contributed by atoms with Crippen LogP contribution in [0.2, 0.25) is 0 Å². The highest BCUT2D eigenvalue weighted by Crippen LogP contribution is 2.10. The molecule has 0 radical (unpaired) electrons. The molecule has 0 spiro atoms. The van der Waals surface area contributed by atoms with Crippen LogP contribution >= 0.6 is 11.3 Å². The summed E-state index contributed by atoms with van der Waals surface area (Å²) >= 11 is 1.76. The Morgan fingerprint density at radius 2 is 2.29 bits per heavy atom. The van der Waals surface area contributed by atoms with Gasteiger partial charge in [0, 0.05) is 11.5 Å². The molecule has 0 saturated carbocycles. The summed E-state index contributed by atoms with van der Waals surface area (Å²) in [6.07, 6.45) is 6.76. The third kappa shape index (κ3) is 5.20. The Kier molecular flexibility index (Phi) is 6.37. The van der Waals surface area contributed by atoms with Crippen molar-refractivity contribution in [1.82, 2.24) is 0 Å². The summed E-state index contributed by atoms with van der Waals surface area (Å²) in [6, 6.07) is 4.18. The van der Waals surface area contributed by atoms with Gasteiger partial charge in [-0.25, -0.2) is 0 Å². The Hall–Kier alpha value is -0.600. The lowest BCUT2D eigenvalue weighted by Crippen LogP contribution is -1.93. The fraction of sp³-hybridized carbons (Fsp3) is 0.500. The van der Waals surface area contributed by atoms with Crippen molar-refractivity contribution in [1.29, 1.82) is 0 Å². The molecule has 0 amide bonds. The SMILES string of the molecule is C=CCCCCCOCc1cccs1. The van der Waals surface area contributed by atoms with Crippen molar-refractivity contribution < 1.29 is 4.74 Å². The standard InChI is InChI=1S/C12H18OS/c1-2-3-4-5-6-9-13-11-12-8-7-10-14-12/h2,7-8,10H,1,3-6,9,11H2. The first-order chi connectivity index (χ1) is 6.93. The van der Waals surface area contributed by atoms with Crippen LogP contribution in [0.4, 0.5) is 0 Å². The lowest BCUT2D eigenvalue weighted by molar-refractivity contribution is 0.119. The zero-order chi connectivity index (χ0) is 10.1. The van der Waals surface area contributed by atoms with Crippen LogP contribution in [0.15, 0.2) is 30.2 Å². The summed E-state index contributed by atoms with van der Waals surface area (Å²) in [5.41, 5.74) is 0. The Morgan fingerprint density at radius 3 is 3.00 bits per heavy atom. The lowest BCUT2D eigenvalue weighted by Gasteiger charge is -2.01. The number of thiophene rings is 1. The quantitative estimate of drug-likeness (QED) is 0.465. The van der Waals surface area contributed by atoms with Gasteiger partial charge in [-0.1, -0.05) is 18.6 Å². The van der Waals surface area contributed by atoms with Crippen molar-refractivity contribution in [3.63, 3.8) is 0 Å². The summed E-state index contributed by atoms with van der Waals surface area (Å²) in [5, 5.41) is 2.09. The normalized spacial score (nSPS) is 10.3. The molecule has 0 bridgehead atoms. The van der Waals surface area contributed by atoms with Gasteiger partial charge in [0.15, 0.2) is 0 Å². The van der Waals surface area contributed by atoms with E-state index in [9.17, 15) is 0 Å². The molecule has 1 rings (SSSR count). The van der Waals surface area contributed by atoms with E-state index in [1.165, 1.54) is 24.1 Å². The fourth-order valence-electron chi connectivity index (χ4n) is 1.24. The van der Waals surface area contributed by atoms with Crippen molar-refractivity contribution >= 4 is 11.3 Å². The maximum atomic E-state index is 5.54. The predicted octanol–water partition coefficient (Wildman–Crippen LogP) is 4.01. The maximum absolute atomic E-state index is 5.54. The zero-order valence-corrected chi connectivity index (χ0v) is 9.39. The highest BCUT2D eigenvalue weighted by Gasteiger charge is 1.93. The van der Waals surface area contributed by atoms with E-state index in [2.05, 4.69) is 24.1 Å². The molecular formula is C12H18OS. The molecule has 0 fully saturated rings. The van der Waals surface area contributed by atoms with Gasteiger partial charge in [0.1, 0.15) is 0 Å². The second-order valence-corrected chi connectivity index (χ2v) is 4.30. The molecule has 0 aromatic carbocycles. The van der Waals surface area contributed by atoms with Gasteiger partial charge < -0.3 is 4.74 Å². The topological polar surface area (TPSA) is 9.23 Å². The number of unbranched alkanes of at least 4 members (excludes halogenated alkanes) is 3. The van der Waals surface area contributed by atoms with Gasteiger partial charge in [-0.3, -0.25) is 0 Å². The van der Waals surface area contributed by atoms with Crippen LogP contribution in [0.3, 0.4) is 0 Å². The molecular weight excluding hydrogens is 192 g/mol. The Bertz CT molecular complexity index is 228. The molecule has 2 heteroatoms. The van der Waals surface area contributed by atoms with Crippen LogP contribution in [0.1, 0.15) is 30.6 Å². The van der Waals surface area contributed by atoms with E-state index >= 15 is 0 Å². The second kappa shape index (κ2) is 7.77. The average Bonchev–Trinajstić information content (AvgIpc) is 2.69. The first-order valence-corrected chi connectivity index (χ1v) is 6.02. The highest BCUT2D eigenvalue weighted by atomic mass is 32.1. The highest BCUT2D eigenvalue weighted by molar-refractivity contribution is 7.09. The van der Waals surface area contributed by atoms with Crippen LogP contribution in [0.25, 0.3) is 0 Å². The molecule has 1 aromatic heterocycles. The van der Waals surface area contributed by atoms with Crippen molar-refractivity contribution in [2.24, 2.45) is 0 Å². The molecule has 0 aliphatic rings. The smallest absolute Gasteiger partial charge is 0.0809 e. The van der Waals surface area contributed by atoms with Crippen LogP contribution < -0.4 is 0 Å². The van der Waals surface area contributed by atoms with Gasteiger partial charge in [-0.2, -0.15) is 0 Å². The van der Waals surface area contributed by atoms with Crippen LogP contribution in [-0.2, 0) is 11.3 Å². The summed E-state index contributed by atoms with van der Waals surface area (Å²) in [4.78, 5) is 1.32. The molecule has 14 heavy (non-hydrogen) atoms. The Morgan fingerprint density at radius 1 is 1.36 bits per heavy atom. The van der Waals surface area contributed by atoms with Crippen LogP contribution in [-0.4, -0.2) is 6.61 Å². The fourth-order valence-corrected chi connectivity index (χ4v) is 1.88. The Balaban J connectivity index is 1.87. The van der Waals surface area contributed by atoms with E-state index in [0.717, 1.165) is 19.6 Å². The summed E-state index contributed by atoms with van der Waals surface area (Å²) < 4.78 is 5.54. The minimum atomic E-state index is 0.777. The van der Waals surface area contributed by atoms with E-state index in [1.54, 1.807) is 11.3 Å². The molecule has 1 nitrogen and oxygen atoms in total. The van der Waals surface area contributed by atoms with E-state index in [4.69, 9.17) is 4.74 Å². The summed E-state index contributed by atoms with van der Waals surface area (Å²) in [7, 11) is 0. The number of allylic oxidation sites excluding steroid dienone is 1. The van der Waals surface area contributed by atoms with Crippen molar-refractivity contribution in [3.8, 4) is 0 Å². The van der Waals surface area contributed by atoms with Crippen LogP contribution in [0.5, 0.6) is 0 Å². The van der Waals surface area contributed by atoms with Gasteiger partial charge in [0.2, 0.25) is 0 Å². The minimum Gasteiger partial charge on any atom is -0.376 e. The number of rotatable bonds is 8. The van der Waals surface area contributed by atoms with Gasteiger partial charge in [0.25, 0.3) is 0 Å².